The zero-order valence-corrected chi connectivity index (χ0v) is 10.5. The highest BCUT2D eigenvalue weighted by atomic mass is 16.3. The standard InChI is InChI=1S/C13H22N2O/c1-4-9-15-10-8-14-11(15)13(16)7-5-6-12(13,2)3/h8,10,16H,4-7,9H2,1-3H3. The van der Waals surface area contributed by atoms with E-state index in [0.29, 0.717) is 0 Å². The van der Waals surface area contributed by atoms with Crippen molar-refractivity contribution in [1.82, 2.24) is 9.55 Å². The van der Waals surface area contributed by atoms with Gasteiger partial charge in [-0.3, -0.25) is 0 Å². The maximum Gasteiger partial charge on any atom is 0.141 e. The molecule has 1 saturated carbocycles. The quantitative estimate of drug-likeness (QED) is 0.854. The van der Waals surface area contributed by atoms with Crippen LogP contribution < -0.4 is 0 Å². The highest BCUT2D eigenvalue weighted by molar-refractivity contribution is 5.13. The van der Waals surface area contributed by atoms with Gasteiger partial charge in [-0.1, -0.05) is 20.8 Å². The molecule has 2 rings (SSSR count). The predicted molar refractivity (Wildman–Crippen MR) is 64.0 cm³/mol. The number of hydrogen-bond donors (Lipinski definition) is 1. The van der Waals surface area contributed by atoms with Crippen molar-refractivity contribution in [1.29, 1.82) is 0 Å². The normalized spacial score (nSPS) is 28.5. The average Bonchev–Trinajstić information content (AvgIpc) is 2.74. The Morgan fingerprint density at radius 3 is 2.75 bits per heavy atom. The Morgan fingerprint density at radius 2 is 2.19 bits per heavy atom. The molecule has 0 bridgehead atoms. The molecule has 90 valence electrons. The van der Waals surface area contributed by atoms with Crippen LogP contribution in [-0.4, -0.2) is 14.7 Å². The van der Waals surface area contributed by atoms with Gasteiger partial charge in [0.15, 0.2) is 0 Å². The Kier molecular flexibility index (Phi) is 2.82. The summed E-state index contributed by atoms with van der Waals surface area (Å²) in [5.41, 5.74) is -0.810. The van der Waals surface area contributed by atoms with Crippen LogP contribution in [-0.2, 0) is 12.1 Å². The number of aromatic nitrogens is 2. The fraction of sp³-hybridized carbons (Fsp3) is 0.769. The topological polar surface area (TPSA) is 38.0 Å². The van der Waals surface area contributed by atoms with E-state index in [9.17, 15) is 5.11 Å². The maximum absolute atomic E-state index is 10.9. The van der Waals surface area contributed by atoms with E-state index in [1.807, 2.05) is 6.20 Å². The Bertz CT molecular complexity index is 370. The third kappa shape index (κ3) is 1.58. The van der Waals surface area contributed by atoms with Crippen LogP contribution in [0.4, 0.5) is 0 Å². The third-order valence-electron chi connectivity index (χ3n) is 4.01. The number of nitrogens with zero attached hydrogens (tertiary/aromatic N) is 2. The van der Waals surface area contributed by atoms with Crippen molar-refractivity contribution < 1.29 is 5.11 Å². The van der Waals surface area contributed by atoms with Crippen molar-refractivity contribution in [2.75, 3.05) is 0 Å². The van der Waals surface area contributed by atoms with E-state index in [-0.39, 0.29) is 5.41 Å². The SMILES string of the molecule is CCCn1ccnc1C1(O)CCCC1(C)C. The maximum atomic E-state index is 10.9. The van der Waals surface area contributed by atoms with Crippen molar-refractivity contribution in [3.63, 3.8) is 0 Å². The van der Waals surface area contributed by atoms with E-state index in [1.54, 1.807) is 6.20 Å². The number of aryl methyl sites for hydroxylation is 1. The molecule has 1 atom stereocenters. The van der Waals surface area contributed by atoms with Gasteiger partial charge in [-0.15, -0.1) is 0 Å². The van der Waals surface area contributed by atoms with Gasteiger partial charge in [0.1, 0.15) is 11.4 Å². The van der Waals surface area contributed by atoms with E-state index >= 15 is 0 Å². The molecule has 0 amide bonds. The highest BCUT2D eigenvalue weighted by Gasteiger charge is 2.51. The molecule has 0 aromatic carbocycles. The summed E-state index contributed by atoms with van der Waals surface area (Å²) < 4.78 is 2.10. The van der Waals surface area contributed by atoms with Crippen LogP contribution in [0.25, 0.3) is 0 Å². The minimum atomic E-state index is -0.744. The lowest BCUT2D eigenvalue weighted by Crippen LogP contribution is -2.39. The summed E-state index contributed by atoms with van der Waals surface area (Å²) in [6.07, 6.45) is 7.84. The zero-order valence-electron chi connectivity index (χ0n) is 10.5. The average molecular weight is 222 g/mol. The van der Waals surface area contributed by atoms with Gasteiger partial charge in [0.2, 0.25) is 0 Å². The molecular weight excluding hydrogens is 200 g/mol. The second-order valence-corrected chi connectivity index (χ2v) is 5.54. The highest BCUT2D eigenvalue weighted by Crippen LogP contribution is 2.51. The molecule has 0 spiro atoms. The molecule has 0 radical (unpaired) electrons. The number of aliphatic hydroxyl groups is 1. The van der Waals surface area contributed by atoms with Gasteiger partial charge >= 0.3 is 0 Å². The van der Waals surface area contributed by atoms with Gasteiger partial charge in [0, 0.05) is 24.4 Å². The van der Waals surface area contributed by atoms with Crippen LogP contribution in [0.15, 0.2) is 12.4 Å². The second kappa shape index (κ2) is 3.88. The summed E-state index contributed by atoms with van der Waals surface area (Å²) in [4.78, 5) is 4.40. The van der Waals surface area contributed by atoms with Gasteiger partial charge in [-0.05, 0) is 25.7 Å². The van der Waals surface area contributed by atoms with E-state index in [4.69, 9.17) is 0 Å². The molecule has 1 heterocycles. The molecular formula is C13H22N2O. The fourth-order valence-electron chi connectivity index (χ4n) is 2.84. The van der Waals surface area contributed by atoms with Gasteiger partial charge < -0.3 is 9.67 Å². The lowest BCUT2D eigenvalue weighted by atomic mass is 9.77. The van der Waals surface area contributed by atoms with Crippen LogP contribution in [0.5, 0.6) is 0 Å². The number of rotatable bonds is 3. The summed E-state index contributed by atoms with van der Waals surface area (Å²) >= 11 is 0. The van der Waals surface area contributed by atoms with Gasteiger partial charge in [0.25, 0.3) is 0 Å². The van der Waals surface area contributed by atoms with Gasteiger partial charge in [-0.2, -0.15) is 0 Å². The lowest BCUT2D eigenvalue weighted by molar-refractivity contribution is -0.0587. The third-order valence-corrected chi connectivity index (χ3v) is 4.01. The Hall–Kier alpha value is -0.830. The molecule has 3 nitrogen and oxygen atoms in total. The lowest BCUT2D eigenvalue weighted by Gasteiger charge is -2.36. The van der Waals surface area contributed by atoms with Crippen LogP contribution >= 0.6 is 0 Å². The van der Waals surface area contributed by atoms with Crippen molar-refractivity contribution in [3.8, 4) is 0 Å². The van der Waals surface area contributed by atoms with E-state index in [2.05, 4.69) is 30.3 Å². The van der Waals surface area contributed by atoms with Crippen molar-refractivity contribution >= 4 is 0 Å². The first-order valence-corrected chi connectivity index (χ1v) is 6.25. The van der Waals surface area contributed by atoms with Crippen LogP contribution in [0, 0.1) is 5.41 Å². The van der Waals surface area contributed by atoms with Crippen molar-refractivity contribution in [3.05, 3.63) is 18.2 Å². The first-order valence-electron chi connectivity index (χ1n) is 6.25. The molecule has 1 N–H and O–H groups in total. The monoisotopic (exact) mass is 222 g/mol. The molecule has 1 unspecified atom stereocenters. The van der Waals surface area contributed by atoms with Gasteiger partial charge in [-0.25, -0.2) is 4.98 Å². The van der Waals surface area contributed by atoms with E-state index in [1.165, 1.54) is 0 Å². The number of imidazole rings is 1. The molecule has 0 aliphatic heterocycles. The zero-order chi connectivity index (χ0) is 11.8. The van der Waals surface area contributed by atoms with E-state index < -0.39 is 5.60 Å². The molecule has 16 heavy (non-hydrogen) atoms. The Labute approximate surface area is 97.5 Å². The van der Waals surface area contributed by atoms with Crippen LogP contribution in [0.2, 0.25) is 0 Å². The molecule has 3 heteroatoms. The summed E-state index contributed by atoms with van der Waals surface area (Å²) in [6.45, 7) is 7.37. The molecule has 1 aromatic heterocycles. The summed E-state index contributed by atoms with van der Waals surface area (Å²) in [5.74, 6) is 0.858. The molecule has 1 aliphatic rings. The fourth-order valence-corrected chi connectivity index (χ4v) is 2.84. The predicted octanol–water partition coefficient (Wildman–Crippen LogP) is 2.69. The number of hydrogen-bond acceptors (Lipinski definition) is 2. The van der Waals surface area contributed by atoms with Crippen LogP contribution in [0.3, 0.4) is 0 Å². The van der Waals surface area contributed by atoms with Crippen LogP contribution in [0.1, 0.15) is 52.3 Å². The van der Waals surface area contributed by atoms with Crippen molar-refractivity contribution in [2.24, 2.45) is 5.41 Å². The summed E-state index contributed by atoms with van der Waals surface area (Å²) in [6, 6.07) is 0. The first-order chi connectivity index (χ1) is 7.51. The summed E-state index contributed by atoms with van der Waals surface area (Å²) in [5, 5.41) is 10.9. The molecule has 0 saturated heterocycles. The minimum absolute atomic E-state index is 0.0656. The Balaban J connectivity index is 2.39. The van der Waals surface area contributed by atoms with Gasteiger partial charge in [0.05, 0.1) is 0 Å². The molecule has 1 aliphatic carbocycles. The summed E-state index contributed by atoms with van der Waals surface area (Å²) in [7, 11) is 0. The van der Waals surface area contributed by atoms with E-state index in [0.717, 1.165) is 38.1 Å². The van der Waals surface area contributed by atoms with Crippen molar-refractivity contribution in [2.45, 2.75) is 58.6 Å². The molecule has 1 aromatic rings. The largest absolute Gasteiger partial charge is 0.381 e. The minimum Gasteiger partial charge on any atom is -0.381 e. The Morgan fingerprint density at radius 1 is 1.44 bits per heavy atom. The first kappa shape index (κ1) is 11.6. The smallest absolute Gasteiger partial charge is 0.141 e. The molecule has 1 fully saturated rings. The second-order valence-electron chi connectivity index (χ2n) is 5.54.